The van der Waals surface area contributed by atoms with E-state index in [-0.39, 0.29) is 23.5 Å². The molecule has 2 aromatic carbocycles. The molecule has 4 rings (SSSR count). The predicted molar refractivity (Wildman–Crippen MR) is 161 cm³/mol. The molecular weight excluding hydrogens is 790 g/mol. The highest BCUT2D eigenvalue weighted by atomic mass is 127. The lowest BCUT2D eigenvalue weighted by atomic mass is 9.95. The summed E-state index contributed by atoms with van der Waals surface area (Å²) >= 11 is 8.99. The molecule has 1 N–H and O–H groups in total. The zero-order chi connectivity index (χ0) is 27.0. The number of phenolic OH excluding ortho intramolecular Hbond substituents is 1. The summed E-state index contributed by atoms with van der Waals surface area (Å²) in [6.07, 6.45) is 1.65. The lowest BCUT2D eigenvalue weighted by Gasteiger charge is -2.26. The minimum absolute atomic E-state index is 0.0921. The number of hydrogen-bond acceptors (Lipinski definition) is 8. The summed E-state index contributed by atoms with van der Waals surface area (Å²) in [5.41, 5.74) is 1.48. The number of nitrogens with zero attached hydrogens (tertiary/aromatic N) is 2. The van der Waals surface area contributed by atoms with E-state index in [0.29, 0.717) is 45.7 Å². The zero-order valence-electron chi connectivity index (χ0n) is 20.1. The Bertz CT molecular complexity index is 1630. The van der Waals surface area contributed by atoms with E-state index in [1.165, 1.54) is 30.1 Å². The largest absolute Gasteiger partial charge is 0.506 e. The van der Waals surface area contributed by atoms with Crippen LogP contribution in [0, 0.1) is 7.14 Å². The molecule has 194 valence electrons. The van der Waals surface area contributed by atoms with Gasteiger partial charge in [0.1, 0.15) is 5.75 Å². The molecule has 1 aromatic heterocycles. The first-order chi connectivity index (χ1) is 17.6. The predicted octanol–water partition coefficient (Wildman–Crippen LogP) is 4.49. The molecule has 0 spiro atoms. The van der Waals surface area contributed by atoms with Crippen LogP contribution in [0.25, 0.3) is 6.08 Å². The molecule has 8 nitrogen and oxygen atoms in total. The van der Waals surface area contributed by atoms with Crippen LogP contribution in [0.3, 0.4) is 0 Å². The van der Waals surface area contributed by atoms with Crippen LogP contribution in [-0.4, -0.2) is 36.5 Å². The van der Waals surface area contributed by atoms with Crippen molar-refractivity contribution in [2.45, 2.75) is 19.9 Å². The Hall–Kier alpha value is -1.91. The number of aromatic hydroxyl groups is 1. The number of thiazole rings is 1. The van der Waals surface area contributed by atoms with Crippen molar-refractivity contribution >= 4 is 84.5 Å². The molecule has 0 saturated carbocycles. The smallest absolute Gasteiger partial charge is 0.338 e. The van der Waals surface area contributed by atoms with Gasteiger partial charge in [0.2, 0.25) is 0 Å². The molecule has 12 heteroatoms. The third kappa shape index (κ3) is 5.34. The lowest BCUT2D eigenvalue weighted by molar-refractivity contribution is -0.139. The van der Waals surface area contributed by atoms with Gasteiger partial charge in [0.05, 0.1) is 46.2 Å². The molecule has 3 aromatic rings. The van der Waals surface area contributed by atoms with Gasteiger partial charge in [-0.05, 0) is 94.9 Å². The Morgan fingerprint density at radius 3 is 2.54 bits per heavy atom. The van der Waals surface area contributed by atoms with E-state index in [1.807, 2.05) is 6.07 Å². The Morgan fingerprint density at radius 2 is 1.89 bits per heavy atom. The average molecular weight is 811 g/mol. The monoisotopic (exact) mass is 810 g/mol. The van der Waals surface area contributed by atoms with E-state index in [4.69, 9.17) is 14.2 Å². The molecule has 0 fully saturated rings. The molecule has 1 aliphatic rings. The maximum absolute atomic E-state index is 13.9. The Morgan fingerprint density at radius 1 is 1.22 bits per heavy atom. The maximum atomic E-state index is 13.9. The highest BCUT2D eigenvalue weighted by molar-refractivity contribution is 14.1. The standard InChI is InChI=1S/C25H21BrI2N2O6S/c1-5-36-24(33)20-11(2)29-25-30(21(20)14-9-17(34-3)18(35-4)10-15(14)26)23(32)19(37-25)7-12-6-13(27)8-16(28)22(12)31/h6-10,21,31H,5H2,1-4H3/b19-7-/t21-/m1/s1. The molecule has 0 aliphatic carbocycles. The number of esters is 1. The highest BCUT2D eigenvalue weighted by Crippen LogP contribution is 2.40. The van der Waals surface area contributed by atoms with Crippen LogP contribution in [-0.2, 0) is 9.53 Å². The first-order valence-electron chi connectivity index (χ1n) is 10.9. The van der Waals surface area contributed by atoms with Gasteiger partial charge in [-0.25, -0.2) is 9.79 Å². The Labute approximate surface area is 252 Å². The molecule has 0 amide bonds. The van der Waals surface area contributed by atoms with E-state index in [1.54, 1.807) is 38.1 Å². The van der Waals surface area contributed by atoms with Crippen LogP contribution in [0.2, 0.25) is 0 Å². The number of hydrogen-bond donors (Lipinski definition) is 1. The summed E-state index contributed by atoms with van der Waals surface area (Å²) in [7, 11) is 3.05. The van der Waals surface area contributed by atoms with E-state index < -0.39 is 12.0 Å². The fourth-order valence-corrected chi connectivity index (χ4v) is 7.47. The van der Waals surface area contributed by atoms with Gasteiger partial charge < -0.3 is 19.3 Å². The van der Waals surface area contributed by atoms with Crippen molar-refractivity contribution in [2.75, 3.05) is 20.8 Å². The number of carbonyl (C=O) groups is 1. The minimum atomic E-state index is -0.837. The summed E-state index contributed by atoms with van der Waals surface area (Å²) in [6, 6.07) is 6.27. The van der Waals surface area contributed by atoms with Gasteiger partial charge in [0.25, 0.3) is 5.56 Å². The van der Waals surface area contributed by atoms with Crippen molar-refractivity contribution < 1.29 is 24.1 Å². The third-order valence-corrected chi connectivity index (χ3v) is 8.77. The van der Waals surface area contributed by atoms with E-state index >= 15 is 0 Å². The molecule has 37 heavy (non-hydrogen) atoms. The molecule has 0 radical (unpaired) electrons. The normalized spacial score (nSPS) is 15.3. The average Bonchev–Trinajstić information content (AvgIpc) is 3.15. The van der Waals surface area contributed by atoms with Gasteiger partial charge in [-0.2, -0.15) is 0 Å². The van der Waals surface area contributed by atoms with Gasteiger partial charge >= 0.3 is 5.97 Å². The quantitative estimate of drug-likeness (QED) is 0.291. The lowest BCUT2D eigenvalue weighted by Crippen LogP contribution is -2.40. The van der Waals surface area contributed by atoms with Gasteiger partial charge in [0.15, 0.2) is 16.3 Å². The second kappa shape index (κ2) is 11.5. The van der Waals surface area contributed by atoms with Crippen LogP contribution in [0.15, 0.2) is 49.8 Å². The van der Waals surface area contributed by atoms with E-state index in [2.05, 4.69) is 66.1 Å². The third-order valence-electron chi connectivity index (χ3n) is 5.66. The molecule has 1 aliphatic heterocycles. The second-order valence-corrected chi connectivity index (χ2v) is 12.1. The topological polar surface area (TPSA) is 99.4 Å². The van der Waals surface area contributed by atoms with Crippen molar-refractivity contribution in [1.82, 2.24) is 4.57 Å². The molecule has 1 atom stereocenters. The highest BCUT2D eigenvalue weighted by Gasteiger charge is 2.35. The first kappa shape index (κ1) is 28.1. The van der Waals surface area contributed by atoms with Crippen LogP contribution >= 0.6 is 72.4 Å². The number of fused-ring (bicyclic) bond motifs is 1. The number of allylic oxidation sites excluding steroid dienone is 1. The van der Waals surface area contributed by atoms with Crippen molar-refractivity contribution in [3.63, 3.8) is 0 Å². The number of carbonyl (C=O) groups excluding carboxylic acids is 1. The summed E-state index contributed by atoms with van der Waals surface area (Å²) in [4.78, 5) is 32.0. The molecule has 0 saturated heterocycles. The van der Waals surface area contributed by atoms with Gasteiger partial charge in [0, 0.05) is 13.6 Å². The summed E-state index contributed by atoms with van der Waals surface area (Å²) < 4.78 is 20.4. The van der Waals surface area contributed by atoms with E-state index in [0.717, 1.165) is 3.57 Å². The van der Waals surface area contributed by atoms with Gasteiger partial charge in [-0.3, -0.25) is 9.36 Å². The first-order valence-corrected chi connectivity index (χ1v) is 14.7. The number of halogens is 3. The SMILES string of the molecule is CCOC(=O)C1=C(C)N=c2s/c(=C\c3cc(I)cc(I)c3O)c(=O)n2[C@@H]1c1cc(OC)c(OC)cc1Br. The van der Waals surface area contributed by atoms with Crippen LogP contribution in [0.4, 0.5) is 0 Å². The van der Waals surface area contributed by atoms with Crippen LogP contribution in [0.1, 0.15) is 31.0 Å². The number of aromatic nitrogens is 1. The second-order valence-electron chi connectivity index (χ2n) is 7.86. The fraction of sp³-hybridized carbons (Fsp3) is 0.240. The van der Waals surface area contributed by atoms with Gasteiger partial charge in [-0.1, -0.05) is 27.3 Å². The number of ether oxygens (including phenoxy) is 3. The zero-order valence-corrected chi connectivity index (χ0v) is 26.8. The molecular formula is C25H21BrI2N2O6S. The fourth-order valence-electron chi connectivity index (χ4n) is 4.00. The van der Waals surface area contributed by atoms with Crippen molar-refractivity contribution in [1.29, 1.82) is 0 Å². The number of benzene rings is 2. The van der Waals surface area contributed by atoms with Crippen LogP contribution < -0.4 is 24.4 Å². The van der Waals surface area contributed by atoms with Crippen molar-refractivity contribution in [2.24, 2.45) is 4.99 Å². The Balaban J connectivity index is 2.04. The maximum Gasteiger partial charge on any atom is 0.338 e. The molecule has 2 heterocycles. The minimum Gasteiger partial charge on any atom is -0.506 e. The summed E-state index contributed by atoms with van der Waals surface area (Å²) in [6.45, 7) is 3.61. The number of phenols is 1. The molecule has 0 unspecified atom stereocenters. The van der Waals surface area contributed by atoms with E-state index in [9.17, 15) is 14.7 Å². The molecule has 0 bridgehead atoms. The number of rotatable bonds is 6. The van der Waals surface area contributed by atoms with Crippen LogP contribution in [0.5, 0.6) is 17.2 Å². The Kier molecular flexibility index (Phi) is 8.70. The summed E-state index contributed by atoms with van der Waals surface area (Å²) in [5.74, 6) is 0.468. The number of methoxy groups -OCH3 is 2. The summed E-state index contributed by atoms with van der Waals surface area (Å²) in [5, 5.41) is 10.6. The van der Waals surface area contributed by atoms with Crippen molar-refractivity contribution in [3.05, 3.63) is 78.0 Å². The van der Waals surface area contributed by atoms with Crippen molar-refractivity contribution in [3.8, 4) is 17.2 Å². The van der Waals surface area contributed by atoms with Gasteiger partial charge in [-0.15, -0.1) is 0 Å².